The van der Waals surface area contributed by atoms with E-state index in [1.807, 2.05) is 0 Å². The van der Waals surface area contributed by atoms with Gasteiger partial charge in [0.1, 0.15) is 0 Å². The van der Waals surface area contributed by atoms with Gasteiger partial charge in [0.25, 0.3) is 5.37 Å². The third kappa shape index (κ3) is 1.82. The lowest BCUT2D eigenvalue weighted by atomic mass is 10.1. The summed E-state index contributed by atoms with van der Waals surface area (Å²) in [6.07, 6.45) is 1.68. The number of rotatable bonds is 3. The summed E-state index contributed by atoms with van der Waals surface area (Å²) in [4.78, 5) is 12.7. The smallest absolute Gasteiger partial charge is 0.298 e. The maximum absolute atomic E-state index is 10.8. The molecule has 0 aliphatic rings. The van der Waals surface area contributed by atoms with E-state index in [4.69, 9.17) is 0 Å². The molecule has 16 heavy (non-hydrogen) atoms. The Morgan fingerprint density at radius 1 is 1.38 bits per heavy atom. The summed E-state index contributed by atoms with van der Waals surface area (Å²) in [7, 11) is 0. The van der Waals surface area contributed by atoms with Gasteiger partial charge in [0, 0.05) is 33.3 Å². The lowest BCUT2D eigenvalue weighted by Gasteiger charge is -2.12. The molecule has 0 radical (unpaired) electrons. The first-order chi connectivity index (χ1) is 7.59. The van der Waals surface area contributed by atoms with Crippen molar-refractivity contribution in [1.82, 2.24) is 4.98 Å². The molecule has 2 rings (SSSR count). The van der Waals surface area contributed by atoms with E-state index in [1.54, 1.807) is 18.3 Å². The highest BCUT2D eigenvalue weighted by Gasteiger charge is 2.23. The Morgan fingerprint density at radius 2 is 2.12 bits per heavy atom. The van der Waals surface area contributed by atoms with Crippen molar-refractivity contribution < 1.29 is 13.7 Å². The summed E-state index contributed by atoms with van der Waals surface area (Å²) in [6, 6.07) is 6.27. The van der Waals surface area contributed by atoms with E-state index in [0.29, 0.717) is 0 Å². The van der Waals surface area contributed by atoms with Crippen LogP contribution >= 0.6 is 0 Å². The number of nitrogens with one attached hydrogen (secondary N) is 1. The van der Waals surface area contributed by atoms with Crippen LogP contribution in [0.1, 0.15) is 10.9 Å². The molecule has 1 heterocycles. The molecule has 7 heteroatoms. The topological polar surface area (TPSA) is 99.1 Å². The fraction of sp³-hybridized carbons (Fsp3) is 0.111. The van der Waals surface area contributed by atoms with Crippen LogP contribution in [-0.2, 0) is 11.1 Å². The van der Waals surface area contributed by atoms with E-state index < -0.39 is 21.4 Å². The fourth-order valence-corrected chi connectivity index (χ4v) is 2.04. The normalized spacial score (nSPS) is 14.8. The van der Waals surface area contributed by atoms with Crippen molar-refractivity contribution in [2.24, 2.45) is 0 Å². The summed E-state index contributed by atoms with van der Waals surface area (Å²) in [5, 5.41) is 9.66. The van der Waals surface area contributed by atoms with Gasteiger partial charge < -0.3 is 9.54 Å². The molecule has 2 aromatic rings. The molecule has 0 fully saturated rings. The number of H-pyrrole nitrogens is 1. The van der Waals surface area contributed by atoms with E-state index >= 15 is 0 Å². The second kappa shape index (κ2) is 4.03. The molecule has 6 nitrogen and oxygen atoms in total. The van der Waals surface area contributed by atoms with Crippen molar-refractivity contribution in [3.8, 4) is 0 Å². The average molecular weight is 239 g/mol. The van der Waals surface area contributed by atoms with E-state index in [2.05, 4.69) is 4.98 Å². The van der Waals surface area contributed by atoms with Crippen LogP contribution in [0.4, 0.5) is 0 Å². The molecule has 0 spiro atoms. The first-order valence-electron chi connectivity index (χ1n) is 4.38. The quantitative estimate of drug-likeness (QED) is 0.496. The van der Waals surface area contributed by atoms with Crippen LogP contribution < -0.4 is 0 Å². The number of nitro groups is 1. The number of aromatic nitrogens is 1. The molecule has 84 valence electrons. The molecule has 0 bridgehead atoms. The minimum atomic E-state index is -2.77. The SMILES string of the molecule is O=[N+]([O-])C(c1ccc2[nH]ccc2c1)S(=O)[O-]. The van der Waals surface area contributed by atoms with Gasteiger partial charge in [-0.15, -0.1) is 0 Å². The number of nitrogens with zero attached hydrogens (tertiary/aromatic N) is 1. The Kier molecular flexibility index (Phi) is 2.71. The lowest BCUT2D eigenvalue weighted by Crippen LogP contribution is -2.15. The average Bonchev–Trinajstić information content (AvgIpc) is 2.63. The Bertz CT molecular complexity index is 551. The Morgan fingerprint density at radius 3 is 2.75 bits per heavy atom. The summed E-state index contributed by atoms with van der Waals surface area (Å²) in [5.74, 6) is 0. The van der Waals surface area contributed by atoms with E-state index in [-0.39, 0.29) is 5.56 Å². The zero-order valence-electron chi connectivity index (χ0n) is 7.95. The number of aromatic amines is 1. The van der Waals surface area contributed by atoms with Crippen LogP contribution in [0, 0.1) is 10.1 Å². The molecule has 2 unspecified atom stereocenters. The molecule has 0 aliphatic carbocycles. The van der Waals surface area contributed by atoms with Crippen molar-refractivity contribution in [3.63, 3.8) is 0 Å². The highest BCUT2D eigenvalue weighted by molar-refractivity contribution is 7.79. The summed E-state index contributed by atoms with van der Waals surface area (Å²) in [5.41, 5.74) is 0.966. The Balaban J connectivity index is 2.52. The number of benzene rings is 1. The molecular weight excluding hydrogens is 232 g/mol. The van der Waals surface area contributed by atoms with Crippen molar-refractivity contribution in [1.29, 1.82) is 0 Å². The van der Waals surface area contributed by atoms with E-state index in [1.165, 1.54) is 12.1 Å². The minimum Gasteiger partial charge on any atom is -0.767 e. The molecule has 0 amide bonds. The van der Waals surface area contributed by atoms with E-state index in [9.17, 15) is 18.9 Å². The minimum absolute atomic E-state index is 0.158. The summed E-state index contributed by atoms with van der Waals surface area (Å²) >= 11 is -2.77. The third-order valence-electron chi connectivity index (χ3n) is 2.24. The Hall–Kier alpha value is -1.73. The number of fused-ring (bicyclic) bond motifs is 1. The fourth-order valence-electron chi connectivity index (χ4n) is 1.53. The van der Waals surface area contributed by atoms with Crippen molar-refractivity contribution in [3.05, 3.63) is 46.1 Å². The van der Waals surface area contributed by atoms with Gasteiger partial charge in [-0.05, 0) is 29.7 Å². The second-order valence-corrected chi connectivity index (χ2v) is 4.19. The molecular formula is C9H7N2O4S-. The van der Waals surface area contributed by atoms with Gasteiger partial charge in [0.05, 0.1) is 0 Å². The summed E-state index contributed by atoms with van der Waals surface area (Å²) in [6.45, 7) is 0. The Labute approximate surface area is 92.7 Å². The molecule has 0 saturated carbocycles. The maximum atomic E-state index is 10.8. The summed E-state index contributed by atoms with van der Waals surface area (Å²) < 4.78 is 21.5. The van der Waals surface area contributed by atoms with Crippen molar-refractivity contribution in [2.75, 3.05) is 0 Å². The van der Waals surface area contributed by atoms with Crippen LogP contribution in [0.25, 0.3) is 10.9 Å². The molecule has 1 aromatic carbocycles. The van der Waals surface area contributed by atoms with Crippen LogP contribution in [-0.4, -0.2) is 18.7 Å². The second-order valence-electron chi connectivity index (χ2n) is 3.22. The number of hydrogen-bond donors (Lipinski definition) is 1. The van der Waals surface area contributed by atoms with Crippen LogP contribution in [0.15, 0.2) is 30.5 Å². The predicted molar refractivity (Wildman–Crippen MR) is 57.0 cm³/mol. The van der Waals surface area contributed by atoms with Gasteiger partial charge in [0.2, 0.25) is 0 Å². The van der Waals surface area contributed by atoms with Gasteiger partial charge in [-0.1, -0.05) is 0 Å². The maximum Gasteiger partial charge on any atom is 0.298 e. The lowest BCUT2D eigenvalue weighted by molar-refractivity contribution is -0.502. The molecule has 2 atom stereocenters. The first-order valence-corrected chi connectivity index (χ1v) is 5.52. The first kappa shape index (κ1) is 10.8. The standard InChI is InChI=1S/C9H8N2O4S/c12-11(13)9(16(14)15)7-1-2-8-6(5-7)3-4-10-8/h1-5,9-10H,(H,14,15)/p-1. The van der Waals surface area contributed by atoms with E-state index in [0.717, 1.165) is 10.9 Å². The third-order valence-corrected chi connectivity index (χ3v) is 3.05. The van der Waals surface area contributed by atoms with Gasteiger partial charge >= 0.3 is 0 Å². The zero-order valence-corrected chi connectivity index (χ0v) is 8.77. The van der Waals surface area contributed by atoms with Gasteiger partial charge in [-0.2, -0.15) is 0 Å². The molecule has 1 N–H and O–H groups in total. The van der Waals surface area contributed by atoms with Crippen LogP contribution in [0.5, 0.6) is 0 Å². The van der Waals surface area contributed by atoms with Gasteiger partial charge in [-0.25, -0.2) is 0 Å². The van der Waals surface area contributed by atoms with Crippen molar-refractivity contribution in [2.45, 2.75) is 5.37 Å². The molecule has 0 aliphatic heterocycles. The van der Waals surface area contributed by atoms with Gasteiger partial charge in [-0.3, -0.25) is 14.3 Å². The van der Waals surface area contributed by atoms with Gasteiger partial charge in [0.15, 0.2) is 0 Å². The van der Waals surface area contributed by atoms with Crippen LogP contribution in [0.2, 0.25) is 0 Å². The van der Waals surface area contributed by atoms with Crippen molar-refractivity contribution >= 4 is 22.0 Å². The zero-order chi connectivity index (χ0) is 11.7. The van der Waals surface area contributed by atoms with Crippen LogP contribution in [0.3, 0.4) is 0 Å². The largest absolute Gasteiger partial charge is 0.767 e. The highest BCUT2D eigenvalue weighted by atomic mass is 32.2. The monoisotopic (exact) mass is 239 g/mol. The molecule has 0 saturated heterocycles. The predicted octanol–water partition coefficient (Wildman–Crippen LogP) is 1.32. The molecule has 1 aromatic heterocycles. The number of hydrogen-bond acceptors (Lipinski definition) is 4. The highest BCUT2D eigenvalue weighted by Crippen LogP contribution is 2.23.